The number of halogens is 1. The summed E-state index contributed by atoms with van der Waals surface area (Å²) in [6.45, 7) is 6.18. The van der Waals surface area contributed by atoms with Gasteiger partial charge in [0.15, 0.2) is 0 Å². The first-order valence-electron chi connectivity index (χ1n) is 5.67. The Morgan fingerprint density at radius 2 is 2.24 bits per heavy atom. The molecule has 1 aromatic rings. The molecule has 4 nitrogen and oxygen atoms in total. The number of amides is 1. The van der Waals surface area contributed by atoms with Crippen LogP contribution in [0.3, 0.4) is 0 Å². The van der Waals surface area contributed by atoms with Gasteiger partial charge in [0.25, 0.3) is 5.91 Å². The summed E-state index contributed by atoms with van der Waals surface area (Å²) in [5.74, 6) is 0.459. The van der Waals surface area contributed by atoms with Crippen molar-refractivity contribution >= 4 is 23.3 Å². The maximum Gasteiger partial charge on any atom is 0.253 e. The number of carbonyl (C=O) groups excluding carboxylic acids is 1. The molecule has 1 rings (SSSR count). The second kappa shape index (κ2) is 5.87. The quantitative estimate of drug-likeness (QED) is 0.869. The van der Waals surface area contributed by atoms with Crippen molar-refractivity contribution in [2.45, 2.75) is 33.2 Å². The molecule has 94 valence electrons. The Bertz CT molecular complexity index is 407. The topological polar surface area (TPSA) is 68.0 Å². The Kier molecular flexibility index (Phi) is 4.75. The van der Waals surface area contributed by atoms with E-state index in [1.807, 2.05) is 6.92 Å². The monoisotopic (exact) mass is 255 g/mol. The highest BCUT2D eigenvalue weighted by atomic mass is 35.5. The maximum atomic E-state index is 11.9. The van der Waals surface area contributed by atoms with Crippen LogP contribution in [0.15, 0.2) is 12.3 Å². The van der Waals surface area contributed by atoms with E-state index in [0.29, 0.717) is 16.5 Å². The molecule has 1 unspecified atom stereocenters. The van der Waals surface area contributed by atoms with Crippen molar-refractivity contribution in [2.75, 3.05) is 5.73 Å². The fourth-order valence-corrected chi connectivity index (χ4v) is 1.73. The summed E-state index contributed by atoms with van der Waals surface area (Å²) in [5, 5.41) is 3.25. The van der Waals surface area contributed by atoms with Crippen LogP contribution in [-0.2, 0) is 0 Å². The molecule has 5 heteroatoms. The van der Waals surface area contributed by atoms with Gasteiger partial charge in [-0.15, -0.1) is 0 Å². The van der Waals surface area contributed by atoms with Crippen molar-refractivity contribution in [1.82, 2.24) is 10.3 Å². The second-order valence-corrected chi connectivity index (χ2v) is 4.73. The number of nitrogens with one attached hydrogen (secondary N) is 1. The molecule has 0 saturated heterocycles. The highest BCUT2D eigenvalue weighted by molar-refractivity contribution is 6.33. The Balaban J connectivity index is 2.79. The number of anilines is 1. The van der Waals surface area contributed by atoms with Gasteiger partial charge in [-0.25, -0.2) is 4.98 Å². The third kappa shape index (κ3) is 3.60. The van der Waals surface area contributed by atoms with Gasteiger partial charge in [0.2, 0.25) is 0 Å². The van der Waals surface area contributed by atoms with Gasteiger partial charge in [-0.3, -0.25) is 4.79 Å². The zero-order valence-corrected chi connectivity index (χ0v) is 11.1. The number of hydrogen-bond donors (Lipinski definition) is 2. The number of nitrogens with zero attached hydrogens (tertiary/aromatic N) is 1. The molecule has 0 saturated carbocycles. The van der Waals surface area contributed by atoms with E-state index in [1.54, 1.807) is 0 Å². The lowest BCUT2D eigenvalue weighted by molar-refractivity contribution is 0.0924. The zero-order valence-electron chi connectivity index (χ0n) is 10.3. The number of pyridine rings is 1. The average molecular weight is 256 g/mol. The van der Waals surface area contributed by atoms with Crippen LogP contribution in [0.4, 0.5) is 5.82 Å². The molecule has 0 spiro atoms. The Hall–Kier alpha value is -1.29. The molecule has 1 amide bonds. The lowest BCUT2D eigenvalue weighted by Crippen LogP contribution is -2.38. The van der Waals surface area contributed by atoms with Crippen LogP contribution in [0.2, 0.25) is 5.02 Å². The van der Waals surface area contributed by atoms with Crippen LogP contribution < -0.4 is 11.1 Å². The van der Waals surface area contributed by atoms with Gasteiger partial charge in [-0.05, 0) is 18.4 Å². The third-order valence-corrected chi connectivity index (χ3v) is 3.00. The van der Waals surface area contributed by atoms with Crippen LogP contribution in [-0.4, -0.2) is 16.9 Å². The molecule has 0 aliphatic rings. The number of hydrogen-bond acceptors (Lipinski definition) is 3. The van der Waals surface area contributed by atoms with Gasteiger partial charge in [0.1, 0.15) is 5.82 Å². The van der Waals surface area contributed by atoms with E-state index in [4.69, 9.17) is 17.3 Å². The normalized spacial score (nSPS) is 12.5. The van der Waals surface area contributed by atoms with E-state index in [1.165, 1.54) is 12.3 Å². The number of nitrogen functional groups attached to an aromatic ring is 1. The van der Waals surface area contributed by atoms with E-state index >= 15 is 0 Å². The molecule has 1 heterocycles. The Labute approximate surface area is 107 Å². The number of nitrogens with two attached hydrogens (primary N) is 1. The first-order chi connectivity index (χ1) is 7.95. The third-order valence-electron chi connectivity index (χ3n) is 2.69. The molecule has 0 aliphatic heterocycles. The van der Waals surface area contributed by atoms with Crippen LogP contribution in [0, 0.1) is 5.92 Å². The molecule has 3 N–H and O–H groups in total. The lowest BCUT2D eigenvalue weighted by Gasteiger charge is -2.20. The van der Waals surface area contributed by atoms with Crippen LogP contribution >= 0.6 is 11.6 Å². The summed E-state index contributed by atoms with van der Waals surface area (Å²) in [6.07, 6.45) is 2.32. The Morgan fingerprint density at radius 1 is 1.59 bits per heavy atom. The smallest absolute Gasteiger partial charge is 0.253 e. The van der Waals surface area contributed by atoms with E-state index in [-0.39, 0.29) is 17.8 Å². The second-order valence-electron chi connectivity index (χ2n) is 4.32. The summed E-state index contributed by atoms with van der Waals surface area (Å²) in [5.41, 5.74) is 5.92. The van der Waals surface area contributed by atoms with Gasteiger partial charge in [0.05, 0.1) is 10.6 Å². The van der Waals surface area contributed by atoms with Crippen molar-refractivity contribution < 1.29 is 4.79 Å². The molecule has 17 heavy (non-hydrogen) atoms. The van der Waals surface area contributed by atoms with Crippen molar-refractivity contribution in [3.8, 4) is 0 Å². The summed E-state index contributed by atoms with van der Waals surface area (Å²) in [6, 6.07) is 1.69. The first kappa shape index (κ1) is 13.8. The molecule has 0 fully saturated rings. The van der Waals surface area contributed by atoms with Gasteiger partial charge in [-0.2, -0.15) is 0 Å². The molecule has 1 atom stereocenters. The van der Waals surface area contributed by atoms with E-state index < -0.39 is 0 Å². The van der Waals surface area contributed by atoms with Crippen molar-refractivity contribution in [1.29, 1.82) is 0 Å². The van der Waals surface area contributed by atoms with Crippen LogP contribution in [0.5, 0.6) is 0 Å². The SMILES string of the molecule is CCC(NC(=O)c1cnc(N)c(Cl)c1)C(C)C. The highest BCUT2D eigenvalue weighted by Crippen LogP contribution is 2.17. The van der Waals surface area contributed by atoms with E-state index in [2.05, 4.69) is 24.1 Å². The molecule has 0 bridgehead atoms. The number of rotatable bonds is 4. The van der Waals surface area contributed by atoms with Gasteiger partial charge >= 0.3 is 0 Å². The summed E-state index contributed by atoms with van der Waals surface area (Å²) in [7, 11) is 0. The van der Waals surface area contributed by atoms with Gasteiger partial charge in [-0.1, -0.05) is 32.4 Å². The average Bonchev–Trinajstić information content (AvgIpc) is 2.28. The standard InChI is InChI=1S/C12H18ClN3O/c1-4-10(7(2)3)16-12(17)8-5-9(13)11(14)15-6-8/h5-7,10H,4H2,1-3H3,(H2,14,15)(H,16,17). The fraction of sp³-hybridized carbons (Fsp3) is 0.500. The molecular formula is C12H18ClN3O. The van der Waals surface area contributed by atoms with E-state index in [0.717, 1.165) is 6.42 Å². The largest absolute Gasteiger partial charge is 0.382 e. The Morgan fingerprint density at radius 3 is 2.71 bits per heavy atom. The predicted octanol–water partition coefficient (Wildman–Crippen LogP) is 2.48. The molecule has 0 aliphatic carbocycles. The van der Waals surface area contributed by atoms with Crippen molar-refractivity contribution in [3.05, 3.63) is 22.8 Å². The molecule has 0 aromatic carbocycles. The van der Waals surface area contributed by atoms with Gasteiger partial charge < -0.3 is 11.1 Å². The highest BCUT2D eigenvalue weighted by Gasteiger charge is 2.16. The van der Waals surface area contributed by atoms with Crippen molar-refractivity contribution in [3.63, 3.8) is 0 Å². The molecule has 0 radical (unpaired) electrons. The minimum absolute atomic E-state index is 0.152. The number of aromatic nitrogens is 1. The maximum absolute atomic E-state index is 11.9. The molecular weight excluding hydrogens is 238 g/mol. The molecule has 1 aromatic heterocycles. The lowest BCUT2D eigenvalue weighted by atomic mass is 10.0. The van der Waals surface area contributed by atoms with Gasteiger partial charge in [0, 0.05) is 12.2 Å². The number of carbonyl (C=O) groups is 1. The van der Waals surface area contributed by atoms with Crippen molar-refractivity contribution in [2.24, 2.45) is 5.92 Å². The summed E-state index contributed by atoms with van der Waals surface area (Å²) >= 11 is 5.82. The predicted molar refractivity (Wildman–Crippen MR) is 70.0 cm³/mol. The summed E-state index contributed by atoms with van der Waals surface area (Å²) in [4.78, 5) is 15.8. The first-order valence-corrected chi connectivity index (χ1v) is 6.05. The van der Waals surface area contributed by atoms with Crippen LogP contribution in [0.1, 0.15) is 37.6 Å². The zero-order chi connectivity index (χ0) is 13.0. The van der Waals surface area contributed by atoms with Crippen LogP contribution in [0.25, 0.3) is 0 Å². The minimum atomic E-state index is -0.167. The van der Waals surface area contributed by atoms with E-state index in [9.17, 15) is 4.79 Å². The fourth-order valence-electron chi connectivity index (χ4n) is 1.56. The summed E-state index contributed by atoms with van der Waals surface area (Å²) < 4.78 is 0. The minimum Gasteiger partial charge on any atom is -0.382 e.